The largest absolute Gasteiger partial charge is 0.396 e. The van der Waals surface area contributed by atoms with E-state index in [1.54, 1.807) is 4.68 Å². The predicted molar refractivity (Wildman–Crippen MR) is 55.0 cm³/mol. The van der Waals surface area contributed by atoms with Crippen LogP contribution in [0.3, 0.4) is 0 Å². The van der Waals surface area contributed by atoms with Crippen LogP contribution in [0.1, 0.15) is 37.3 Å². The van der Waals surface area contributed by atoms with Crippen molar-refractivity contribution < 1.29 is 4.79 Å². The molecule has 0 radical (unpaired) electrons. The molecule has 5 nitrogen and oxygen atoms in total. The molecule has 0 unspecified atom stereocenters. The number of rotatable bonds is 3. The average Bonchev–Trinajstić information content (AvgIpc) is 2.47. The zero-order chi connectivity index (χ0) is 10.7. The first kappa shape index (κ1) is 10.6. The van der Waals surface area contributed by atoms with Gasteiger partial charge in [-0.05, 0) is 20.8 Å². The van der Waals surface area contributed by atoms with Crippen molar-refractivity contribution in [3.05, 3.63) is 11.9 Å². The van der Waals surface area contributed by atoms with E-state index >= 15 is 0 Å². The number of nitrogens with two attached hydrogens (primary N) is 1. The van der Waals surface area contributed by atoms with E-state index in [4.69, 9.17) is 5.73 Å². The molecule has 1 aromatic rings. The Balaban J connectivity index is 3.04. The second kappa shape index (κ2) is 4.13. The molecule has 0 saturated carbocycles. The van der Waals surface area contributed by atoms with E-state index in [1.807, 2.05) is 20.8 Å². The summed E-state index contributed by atoms with van der Waals surface area (Å²) in [6.45, 7) is 6.36. The van der Waals surface area contributed by atoms with Crippen LogP contribution in [0.4, 0.5) is 5.69 Å². The van der Waals surface area contributed by atoms with Gasteiger partial charge >= 0.3 is 0 Å². The highest BCUT2D eigenvalue weighted by Crippen LogP contribution is 2.15. The van der Waals surface area contributed by atoms with Gasteiger partial charge in [0.2, 0.25) is 0 Å². The molecule has 0 fully saturated rings. The van der Waals surface area contributed by atoms with Crippen molar-refractivity contribution in [1.82, 2.24) is 15.1 Å². The molecule has 3 N–H and O–H groups in total. The zero-order valence-electron chi connectivity index (χ0n) is 8.74. The molecule has 0 aliphatic carbocycles. The van der Waals surface area contributed by atoms with Gasteiger partial charge < -0.3 is 11.1 Å². The first-order valence-corrected chi connectivity index (χ1v) is 4.69. The van der Waals surface area contributed by atoms with E-state index in [9.17, 15) is 4.79 Å². The maximum Gasteiger partial charge on any atom is 0.271 e. The van der Waals surface area contributed by atoms with Crippen molar-refractivity contribution in [2.75, 3.05) is 12.3 Å². The first-order valence-electron chi connectivity index (χ1n) is 4.69. The van der Waals surface area contributed by atoms with Crippen molar-refractivity contribution >= 4 is 11.6 Å². The van der Waals surface area contributed by atoms with E-state index in [2.05, 4.69) is 10.4 Å². The third-order valence-corrected chi connectivity index (χ3v) is 1.87. The second-order valence-electron chi connectivity index (χ2n) is 3.35. The lowest BCUT2D eigenvalue weighted by molar-refractivity contribution is 0.0944. The minimum atomic E-state index is -0.170. The van der Waals surface area contributed by atoms with Gasteiger partial charge in [0.05, 0.1) is 11.9 Å². The van der Waals surface area contributed by atoms with Crippen LogP contribution in [0.5, 0.6) is 0 Å². The molecule has 0 aliphatic heterocycles. The average molecular weight is 196 g/mol. The Morgan fingerprint density at radius 1 is 1.71 bits per heavy atom. The Bertz CT molecular complexity index is 330. The number of carbonyl (C=O) groups is 1. The number of carbonyl (C=O) groups excluding carboxylic acids is 1. The molecule has 0 aromatic carbocycles. The summed E-state index contributed by atoms with van der Waals surface area (Å²) in [5.74, 6) is -0.170. The third kappa shape index (κ3) is 1.86. The van der Waals surface area contributed by atoms with E-state index in [-0.39, 0.29) is 11.9 Å². The molecule has 0 atom stereocenters. The molecule has 5 heteroatoms. The molecule has 1 amide bonds. The van der Waals surface area contributed by atoms with Gasteiger partial charge in [0, 0.05) is 12.6 Å². The summed E-state index contributed by atoms with van der Waals surface area (Å²) < 4.78 is 1.63. The number of anilines is 1. The molecule has 1 rings (SSSR count). The molecule has 0 spiro atoms. The number of hydrogen-bond acceptors (Lipinski definition) is 3. The maximum atomic E-state index is 11.6. The summed E-state index contributed by atoms with van der Waals surface area (Å²) in [5.41, 5.74) is 6.53. The van der Waals surface area contributed by atoms with Crippen LogP contribution in [0, 0.1) is 0 Å². The van der Waals surface area contributed by atoms with Crippen LogP contribution in [0.2, 0.25) is 0 Å². The standard InChI is InChI=1S/C9H16N4O/c1-4-11-9(14)8-7(10)5-12-13(8)6(2)3/h5-6H,4,10H2,1-3H3,(H,11,14). The Labute approximate surface area is 83.3 Å². The van der Waals surface area contributed by atoms with Crippen molar-refractivity contribution in [2.45, 2.75) is 26.8 Å². The fraction of sp³-hybridized carbons (Fsp3) is 0.556. The van der Waals surface area contributed by atoms with E-state index < -0.39 is 0 Å². The number of nitrogens with zero attached hydrogens (tertiary/aromatic N) is 2. The summed E-state index contributed by atoms with van der Waals surface area (Å²) >= 11 is 0. The quantitative estimate of drug-likeness (QED) is 0.750. The summed E-state index contributed by atoms with van der Waals surface area (Å²) in [6.07, 6.45) is 1.50. The van der Waals surface area contributed by atoms with Gasteiger partial charge in [-0.15, -0.1) is 0 Å². The van der Waals surface area contributed by atoms with Crippen LogP contribution >= 0.6 is 0 Å². The highest BCUT2D eigenvalue weighted by molar-refractivity contribution is 5.97. The van der Waals surface area contributed by atoms with Crippen LogP contribution in [0.15, 0.2) is 6.20 Å². The number of hydrogen-bond donors (Lipinski definition) is 2. The summed E-state index contributed by atoms with van der Waals surface area (Å²) in [6, 6.07) is 0.130. The van der Waals surface area contributed by atoms with E-state index in [0.29, 0.717) is 17.9 Å². The Morgan fingerprint density at radius 3 is 2.86 bits per heavy atom. The fourth-order valence-electron chi connectivity index (χ4n) is 1.25. The normalized spacial score (nSPS) is 10.6. The van der Waals surface area contributed by atoms with Gasteiger partial charge in [-0.2, -0.15) is 5.10 Å². The topological polar surface area (TPSA) is 72.9 Å². The molecule has 0 bridgehead atoms. The van der Waals surface area contributed by atoms with Gasteiger partial charge in [0.15, 0.2) is 0 Å². The van der Waals surface area contributed by atoms with Crippen molar-refractivity contribution in [1.29, 1.82) is 0 Å². The maximum absolute atomic E-state index is 11.6. The Hall–Kier alpha value is -1.52. The molecule has 78 valence electrons. The van der Waals surface area contributed by atoms with E-state index in [1.165, 1.54) is 6.20 Å². The number of nitrogens with one attached hydrogen (secondary N) is 1. The fourth-order valence-corrected chi connectivity index (χ4v) is 1.25. The summed E-state index contributed by atoms with van der Waals surface area (Å²) in [7, 11) is 0. The Kier molecular flexibility index (Phi) is 3.11. The second-order valence-corrected chi connectivity index (χ2v) is 3.35. The van der Waals surface area contributed by atoms with Crippen molar-refractivity contribution in [3.8, 4) is 0 Å². The molecular formula is C9H16N4O. The van der Waals surface area contributed by atoms with Crippen molar-refractivity contribution in [2.24, 2.45) is 0 Å². The third-order valence-electron chi connectivity index (χ3n) is 1.87. The van der Waals surface area contributed by atoms with E-state index in [0.717, 1.165) is 0 Å². The monoisotopic (exact) mass is 196 g/mol. The Morgan fingerprint density at radius 2 is 2.36 bits per heavy atom. The van der Waals surface area contributed by atoms with Gasteiger partial charge in [-0.3, -0.25) is 9.48 Å². The molecule has 1 heterocycles. The summed E-state index contributed by atoms with van der Waals surface area (Å²) in [4.78, 5) is 11.6. The number of amides is 1. The molecule has 1 aromatic heterocycles. The minimum Gasteiger partial charge on any atom is -0.396 e. The molecule has 14 heavy (non-hydrogen) atoms. The number of aromatic nitrogens is 2. The van der Waals surface area contributed by atoms with Gasteiger partial charge in [0.1, 0.15) is 5.69 Å². The molecule has 0 saturated heterocycles. The number of nitrogen functional groups attached to an aromatic ring is 1. The SMILES string of the molecule is CCNC(=O)c1c(N)cnn1C(C)C. The van der Waals surface area contributed by atoms with Gasteiger partial charge in [-0.1, -0.05) is 0 Å². The predicted octanol–water partition coefficient (Wildman–Crippen LogP) is 0.796. The van der Waals surface area contributed by atoms with Crippen molar-refractivity contribution in [3.63, 3.8) is 0 Å². The van der Waals surface area contributed by atoms with Crippen LogP contribution in [-0.2, 0) is 0 Å². The highest BCUT2D eigenvalue weighted by Gasteiger charge is 2.17. The minimum absolute atomic E-state index is 0.130. The van der Waals surface area contributed by atoms with Crippen LogP contribution in [-0.4, -0.2) is 22.2 Å². The summed E-state index contributed by atoms with van der Waals surface area (Å²) in [5, 5.41) is 6.75. The highest BCUT2D eigenvalue weighted by atomic mass is 16.2. The molecular weight excluding hydrogens is 180 g/mol. The smallest absolute Gasteiger partial charge is 0.271 e. The lowest BCUT2D eigenvalue weighted by atomic mass is 10.3. The lowest BCUT2D eigenvalue weighted by Crippen LogP contribution is -2.27. The van der Waals surface area contributed by atoms with Gasteiger partial charge in [0.25, 0.3) is 5.91 Å². The van der Waals surface area contributed by atoms with Crippen LogP contribution < -0.4 is 11.1 Å². The first-order chi connectivity index (χ1) is 6.57. The molecule has 0 aliphatic rings. The lowest BCUT2D eigenvalue weighted by Gasteiger charge is -2.10. The van der Waals surface area contributed by atoms with Crippen LogP contribution in [0.25, 0.3) is 0 Å². The zero-order valence-corrected chi connectivity index (χ0v) is 8.74. The van der Waals surface area contributed by atoms with Gasteiger partial charge in [-0.25, -0.2) is 0 Å².